The highest BCUT2D eigenvalue weighted by Gasteiger charge is 2.20. The van der Waals surface area contributed by atoms with Crippen molar-refractivity contribution in [3.05, 3.63) is 56.5 Å². The smallest absolute Gasteiger partial charge is 0.332 e. The molecule has 2 heterocycles. The first-order valence-corrected chi connectivity index (χ1v) is 9.14. The number of aryl methyl sites for hydroxylation is 2. The molecule has 0 saturated carbocycles. The lowest BCUT2D eigenvalue weighted by atomic mass is 10.0. The van der Waals surface area contributed by atoms with Gasteiger partial charge in [-0.2, -0.15) is 0 Å². The van der Waals surface area contributed by atoms with E-state index < -0.39 is 11.8 Å². The number of aromatic hydroxyl groups is 1. The number of quaternary nitrogens is 1. The number of aliphatic hydroxyl groups excluding tert-OH is 1. The van der Waals surface area contributed by atoms with E-state index in [9.17, 15) is 19.8 Å². The number of aromatic nitrogens is 4. The Balaban J connectivity index is 0.00000300. The van der Waals surface area contributed by atoms with Crippen LogP contribution in [0.3, 0.4) is 0 Å². The van der Waals surface area contributed by atoms with Crippen LogP contribution in [0, 0.1) is 6.92 Å². The molecule has 0 spiro atoms. The zero-order valence-electron chi connectivity index (χ0n) is 16.8. The summed E-state index contributed by atoms with van der Waals surface area (Å²) in [7, 11) is 3.04. The molecule has 0 bridgehead atoms. The van der Waals surface area contributed by atoms with Gasteiger partial charge in [-0.05, 0) is 37.1 Å². The van der Waals surface area contributed by atoms with Crippen LogP contribution < -0.4 is 29.0 Å². The van der Waals surface area contributed by atoms with Crippen LogP contribution in [0.5, 0.6) is 5.75 Å². The number of hydrogen-bond acceptors (Lipinski definition) is 5. The van der Waals surface area contributed by atoms with Gasteiger partial charge in [0.2, 0.25) is 0 Å². The number of phenolic OH excluding ortho intramolecular Hbond substituents is 1. The standard InChI is InChI=1S/C19H25N5O4.ClH/c1-11-9-13(5-6-14(11)25)16(26)12(2)20-7-8-24-10-21-17-15(24)18(27)23(4)19(28)22(17)3;/h5-6,9-10,12,16,20,25-26H,7-8H2,1-4H3;1H. The molecular formula is C19H26ClN5O4. The van der Waals surface area contributed by atoms with E-state index in [1.54, 1.807) is 43.1 Å². The molecule has 0 aliphatic rings. The Kier molecular flexibility index (Phi) is 6.89. The minimum absolute atomic E-state index is 0. The van der Waals surface area contributed by atoms with Crippen LogP contribution in [0.1, 0.15) is 24.2 Å². The SMILES string of the molecule is Cc1cc(C(O)C(C)[NH2+]CCn2cnc3c2c(=O)n(C)c(=O)n3C)ccc1O.[Cl-]. The van der Waals surface area contributed by atoms with Crippen LogP contribution in [-0.4, -0.2) is 41.5 Å². The van der Waals surface area contributed by atoms with Crippen molar-refractivity contribution in [3.63, 3.8) is 0 Å². The molecule has 158 valence electrons. The third-order valence-corrected chi connectivity index (χ3v) is 5.19. The van der Waals surface area contributed by atoms with Crippen molar-refractivity contribution in [1.29, 1.82) is 0 Å². The second-order valence-corrected chi connectivity index (χ2v) is 7.19. The van der Waals surface area contributed by atoms with Gasteiger partial charge in [-0.3, -0.25) is 13.9 Å². The summed E-state index contributed by atoms with van der Waals surface area (Å²) in [5, 5.41) is 22.2. The van der Waals surface area contributed by atoms with E-state index in [0.717, 1.165) is 15.7 Å². The molecule has 0 radical (unpaired) electrons. The quantitative estimate of drug-likeness (QED) is 0.375. The van der Waals surface area contributed by atoms with Gasteiger partial charge >= 0.3 is 5.69 Å². The largest absolute Gasteiger partial charge is 1.00 e. The number of benzene rings is 1. The minimum atomic E-state index is -0.687. The fourth-order valence-electron chi connectivity index (χ4n) is 3.34. The summed E-state index contributed by atoms with van der Waals surface area (Å²) >= 11 is 0. The number of phenols is 1. The summed E-state index contributed by atoms with van der Waals surface area (Å²) in [6.45, 7) is 4.84. The lowest BCUT2D eigenvalue weighted by Crippen LogP contribution is -3.00. The van der Waals surface area contributed by atoms with Gasteiger partial charge in [0, 0.05) is 14.1 Å². The number of fused-ring (bicyclic) bond motifs is 1. The third-order valence-electron chi connectivity index (χ3n) is 5.19. The van der Waals surface area contributed by atoms with Gasteiger partial charge < -0.3 is 32.5 Å². The zero-order valence-corrected chi connectivity index (χ0v) is 17.6. The molecule has 2 unspecified atom stereocenters. The Bertz CT molecular complexity index is 1130. The average molecular weight is 424 g/mol. The van der Waals surface area contributed by atoms with Gasteiger partial charge in [-0.25, -0.2) is 9.78 Å². The molecule has 0 saturated heterocycles. The Labute approximate surface area is 173 Å². The monoisotopic (exact) mass is 423 g/mol. The van der Waals surface area contributed by atoms with Crippen molar-refractivity contribution < 1.29 is 27.9 Å². The highest BCUT2D eigenvalue weighted by molar-refractivity contribution is 5.69. The maximum atomic E-state index is 12.5. The number of nitrogens with zero attached hydrogens (tertiary/aromatic N) is 4. The molecule has 3 aromatic rings. The van der Waals surface area contributed by atoms with Gasteiger partial charge in [-0.15, -0.1) is 0 Å². The Morgan fingerprint density at radius 3 is 2.55 bits per heavy atom. The molecule has 0 aliphatic carbocycles. The second kappa shape index (κ2) is 8.81. The summed E-state index contributed by atoms with van der Waals surface area (Å²) in [4.78, 5) is 28.7. The number of imidazole rings is 1. The zero-order chi connectivity index (χ0) is 20.6. The molecule has 10 heteroatoms. The van der Waals surface area contributed by atoms with Gasteiger partial charge in [0.05, 0.1) is 19.4 Å². The van der Waals surface area contributed by atoms with Crippen molar-refractivity contribution in [2.75, 3.05) is 6.54 Å². The van der Waals surface area contributed by atoms with Crippen LogP contribution >= 0.6 is 0 Å². The van der Waals surface area contributed by atoms with Crippen LogP contribution in [0.4, 0.5) is 0 Å². The fraction of sp³-hybridized carbons (Fsp3) is 0.421. The minimum Gasteiger partial charge on any atom is -1.00 e. The molecular weight excluding hydrogens is 398 g/mol. The van der Waals surface area contributed by atoms with Gasteiger partial charge in [0.1, 0.15) is 17.9 Å². The molecule has 4 N–H and O–H groups in total. The summed E-state index contributed by atoms with van der Waals surface area (Å²) in [5.74, 6) is 0.204. The highest BCUT2D eigenvalue weighted by Crippen LogP contribution is 2.22. The van der Waals surface area contributed by atoms with Crippen LogP contribution in [-0.2, 0) is 20.6 Å². The number of hydrogen-bond donors (Lipinski definition) is 3. The number of aliphatic hydroxyl groups is 1. The molecule has 9 nitrogen and oxygen atoms in total. The van der Waals surface area contributed by atoms with E-state index in [0.29, 0.717) is 24.3 Å². The number of halogens is 1. The van der Waals surface area contributed by atoms with Crippen molar-refractivity contribution in [2.24, 2.45) is 14.1 Å². The van der Waals surface area contributed by atoms with Gasteiger partial charge in [-0.1, -0.05) is 6.07 Å². The predicted molar refractivity (Wildman–Crippen MR) is 104 cm³/mol. The predicted octanol–water partition coefficient (Wildman–Crippen LogP) is -3.86. The van der Waals surface area contributed by atoms with Gasteiger partial charge in [0.15, 0.2) is 11.2 Å². The highest BCUT2D eigenvalue weighted by atomic mass is 35.5. The van der Waals surface area contributed by atoms with Crippen molar-refractivity contribution in [3.8, 4) is 5.75 Å². The lowest BCUT2D eigenvalue weighted by molar-refractivity contribution is -0.695. The third kappa shape index (κ3) is 4.21. The summed E-state index contributed by atoms with van der Waals surface area (Å²) < 4.78 is 4.16. The Hall–Kier alpha value is -2.62. The molecule has 2 atom stereocenters. The lowest BCUT2D eigenvalue weighted by Gasteiger charge is -2.18. The van der Waals surface area contributed by atoms with Gasteiger partial charge in [0.25, 0.3) is 5.56 Å². The maximum Gasteiger partial charge on any atom is 0.332 e. The summed E-state index contributed by atoms with van der Waals surface area (Å²) in [6, 6.07) is 4.95. The maximum absolute atomic E-state index is 12.5. The van der Waals surface area contributed by atoms with Crippen molar-refractivity contribution >= 4 is 11.2 Å². The molecule has 0 fully saturated rings. The van der Waals surface area contributed by atoms with Crippen molar-refractivity contribution in [2.45, 2.75) is 32.5 Å². The van der Waals surface area contributed by atoms with E-state index in [1.165, 1.54) is 11.6 Å². The number of nitrogens with two attached hydrogens (primary N) is 1. The first kappa shape index (κ1) is 22.7. The molecule has 0 aliphatic heterocycles. The first-order valence-electron chi connectivity index (χ1n) is 9.14. The summed E-state index contributed by atoms with van der Waals surface area (Å²) in [5.41, 5.74) is 1.44. The fourth-order valence-corrected chi connectivity index (χ4v) is 3.34. The van der Waals surface area contributed by atoms with E-state index in [-0.39, 0.29) is 29.8 Å². The molecule has 3 rings (SSSR count). The van der Waals surface area contributed by atoms with Crippen molar-refractivity contribution in [1.82, 2.24) is 18.7 Å². The Morgan fingerprint density at radius 2 is 1.90 bits per heavy atom. The molecule has 1 aromatic carbocycles. The normalized spacial score (nSPS) is 13.3. The van der Waals surface area contributed by atoms with E-state index in [1.807, 2.05) is 12.2 Å². The Morgan fingerprint density at radius 1 is 1.21 bits per heavy atom. The molecule has 2 aromatic heterocycles. The second-order valence-electron chi connectivity index (χ2n) is 7.19. The van der Waals surface area contributed by atoms with Crippen LogP contribution in [0.2, 0.25) is 0 Å². The number of rotatable bonds is 6. The van der Waals surface area contributed by atoms with E-state index in [2.05, 4.69) is 4.98 Å². The molecule has 29 heavy (non-hydrogen) atoms. The molecule has 0 amide bonds. The summed E-state index contributed by atoms with van der Waals surface area (Å²) in [6.07, 6.45) is 0.872. The van der Waals surface area contributed by atoms with Crippen LogP contribution in [0.15, 0.2) is 34.1 Å². The van der Waals surface area contributed by atoms with Crippen LogP contribution in [0.25, 0.3) is 11.2 Å². The van der Waals surface area contributed by atoms with E-state index >= 15 is 0 Å². The topological polar surface area (TPSA) is 119 Å². The van der Waals surface area contributed by atoms with E-state index in [4.69, 9.17) is 0 Å². The first-order chi connectivity index (χ1) is 13.2. The average Bonchev–Trinajstić information content (AvgIpc) is 3.10.